The van der Waals surface area contributed by atoms with Crippen LogP contribution < -0.4 is 4.90 Å². The fraction of sp³-hybridized carbons (Fsp3) is 0. The first-order valence-corrected chi connectivity index (χ1v) is 19.3. The lowest BCUT2D eigenvalue weighted by Crippen LogP contribution is -2.10. The van der Waals surface area contributed by atoms with Crippen molar-refractivity contribution < 1.29 is 4.42 Å². The normalized spacial score (nSPS) is 11.5. The van der Waals surface area contributed by atoms with E-state index in [-0.39, 0.29) is 0 Å². The van der Waals surface area contributed by atoms with Crippen LogP contribution in [0.5, 0.6) is 0 Å². The first-order valence-electron chi connectivity index (χ1n) is 19.3. The average Bonchev–Trinajstić information content (AvgIpc) is 3.89. The molecule has 268 valence electrons. The summed E-state index contributed by atoms with van der Waals surface area (Å²) in [5.74, 6) is 0.631. The summed E-state index contributed by atoms with van der Waals surface area (Å²) >= 11 is 0. The summed E-state index contributed by atoms with van der Waals surface area (Å²) in [4.78, 5) is 7.36. The molecule has 2 aromatic heterocycles. The Morgan fingerprint density at radius 3 is 1.70 bits per heavy atom. The second kappa shape index (κ2) is 13.6. The molecule has 2 heterocycles. The number of fused-ring (bicyclic) bond motifs is 6. The van der Waals surface area contributed by atoms with Crippen LogP contribution in [0.4, 0.5) is 17.1 Å². The van der Waals surface area contributed by atoms with Crippen molar-refractivity contribution in [1.29, 1.82) is 0 Å². The minimum atomic E-state index is 0.631. The number of aromatic nitrogens is 2. The molecule has 11 rings (SSSR count). The Labute approximate surface area is 330 Å². The molecule has 0 unspecified atom stereocenters. The van der Waals surface area contributed by atoms with Gasteiger partial charge in [0.25, 0.3) is 0 Å². The Morgan fingerprint density at radius 1 is 0.421 bits per heavy atom. The number of hydrogen-bond donors (Lipinski definition) is 0. The van der Waals surface area contributed by atoms with Gasteiger partial charge in [0.1, 0.15) is 5.52 Å². The van der Waals surface area contributed by atoms with Crippen molar-refractivity contribution in [1.82, 2.24) is 9.55 Å². The van der Waals surface area contributed by atoms with Crippen molar-refractivity contribution >= 4 is 60.7 Å². The lowest BCUT2D eigenvalue weighted by molar-refractivity contribution is 0.620. The van der Waals surface area contributed by atoms with E-state index >= 15 is 0 Å². The molecule has 0 fully saturated rings. The van der Waals surface area contributed by atoms with Gasteiger partial charge in [-0.15, -0.1) is 0 Å². The predicted molar refractivity (Wildman–Crippen MR) is 237 cm³/mol. The van der Waals surface area contributed by atoms with Gasteiger partial charge in [0.05, 0.1) is 16.7 Å². The van der Waals surface area contributed by atoms with Crippen LogP contribution in [0.25, 0.3) is 83.1 Å². The van der Waals surface area contributed by atoms with E-state index in [4.69, 9.17) is 9.40 Å². The molecular formula is C53H35N3O. The van der Waals surface area contributed by atoms with Gasteiger partial charge < -0.3 is 13.9 Å². The lowest BCUT2D eigenvalue weighted by atomic mass is 10.00. The standard InChI is InChI=1S/C53H35N3O/c1-4-13-36(14-5-1)37-25-30-43(31-26-37)55(48-21-12-22-49-51(48)45-19-10-11-20-47(45)56(49)42-17-8-3-9-18-42)44-32-27-38(28-33-44)41-24-23-39-29-34-50-52(46(39)35-41)54-53(57-50)40-15-6-2-7-16-40/h1-35H. The van der Waals surface area contributed by atoms with E-state index in [0.29, 0.717) is 5.89 Å². The van der Waals surface area contributed by atoms with E-state index in [1.165, 1.54) is 27.4 Å². The molecule has 4 nitrogen and oxygen atoms in total. The molecule has 0 radical (unpaired) electrons. The van der Waals surface area contributed by atoms with Crippen molar-refractivity contribution in [3.63, 3.8) is 0 Å². The Kier molecular flexibility index (Phi) is 7.78. The largest absolute Gasteiger partial charge is 0.436 e. The van der Waals surface area contributed by atoms with Gasteiger partial charge in [-0.25, -0.2) is 4.98 Å². The van der Waals surface area contributed by atoms with Crippen molar-refractivity contribution in [2.45, 2.75) is 0 Å². The lowest BCUT2D eigenvalue weighted by Gasteiger charge is -2.27. The maximum absolute atomic E-state index is 6.23. The SMILES string of the molecule is c1ccc(-c2ccc(N(c3ccc(-c4ccc5ccc6oc(-c7ccccc7)nc6c5c4)cc3)c3cccc4c3c3ccccc3n4-c3ccccc3)cc2)cc1. The molecule has 0 spiro atoms. The zero-order chi connectivity index (χ0) is 37.7. The van der Waals surface area contributed by atoms with E-state index in [0.717, 1.165) is 66.8 Å². The minimum Gasteiger partial charge on any atom is -0.436 e. The number of anilines is 3. The maximum Gasteiger partial charge on any atom is 0.227 e. The third kappa shape index (κ3) is 5.66. The van der Waals surface area contributed by atoms with Crippen molar-refractivity contribution in [2.24, 2.45) is 0 Å². The summed E-state index contributed by atoms with van der Waals surface area (Å²) in [7, 11) is 0. The second-order valence-electron chi connectivity index (χ2n) is 14.4. The zero-order valence-corrected chi connectivity index (χ0v) is 31.0. The number of para-hydroxylation sites is 2. The van der Waals surface area contributed by atoms with Gasteiger partial charge in [0.2, 0.25) is 5.89 Å². The van der Waals surface area contributed by atoms with Crippen molar-refractivity contribution in [3.8, 4) is 39.4 Å². The van der Waals surface area contributed by atoms with Gasteiger partial charge in [0.15, 0.2) is 5.58 Å². The van der Waals surface area contributed by atoms with E-state index < -0.39 is 0 Å². The van der Waals surface area contributed by atoms with Gasteiger partial charge in [-0.05, 0) is 107 Å². The first-order chi connectivity index (χ1) is 28.3. The highest BCUT2D eigenvalue weighted by Gasteiger charge is 2.21. The van der Waals surface area contributed by atoms with Crippen LogP contribution in [0.1, 0.15) is 0 Å². The van der Waals surface area contributed by atoms with Crippen molar-refractivity contribution in [2.75, 3.05) is 4.90 Å². The number of oxazole rings is 1. The molecule has 0 saturated carbocycles. The summed E-state index contributed by atoms with van der Waals surface area (Å²) < 4.78 is 8.61. The Hall–Kier alpha value is -7.69. The van der Waals surface area contributed by atoms with Crippen LogP contribution in [-0.4, -0.2) is 9.55 Å². The molecule has 57 heavy (non-hydrogen) atoms. The molecule has 11 aromatic rings. The molecule has 4 heteroatoms. The number of nitrogens with zero attached hydrogens (tertiary/aromatic N) is 3. The predicted octanol–water partition coefficient (Wildman–Crippen LogP) is 14.5. The summed E-state index contributed by atoms with van der Waals surface area (Å²) in [5.41, 5.74) is 14.0. The van der Waals surface area contributed by atoms with Crippen LogP contribution >= 0.6 is 0 Å². The summed E-state index contributed by atoms with van der Waals surface area (Å²) in [5, 5.41) is 4.61. The molecule has 0 aliphatic heterocycles. The Bertz CT molecular complexity index is 3200. The van der Waals surface area contributed by atoms with E-state index in [9.17, 15) is 0 Å². The fourth-order valence-corrected chi connectivity index (χ4v) is 8.30. The van der Waals surface area contributed by atoms with E-state index in [1.807, 2.05) is 36.4 Å². The van der Waals surface area contributed by atoms with E-state index in [1.54, 1.807) is 0 Å². The molecule has 0 saturated heterocycles. The number of hydrogen-bond acceptors (Lipinski definition) is 3. The summed E-state index contributed by atoms with van der Waals surface area (Å²) in [6.07, 6.45) is 0. The molecule has 0 N–H and O–H groups in total. The van der Waals surface area contributed by atoms with Crippen LogP contribution in [0.2, 0.25) is 0 Å². The highest BCUT2D eigenvalue weighted by molar-refractivity contribution is 6.16. The molecule has 0 atom stereocenters. The second-order valence-corrected chi connectivity index (χ2v) is 14.4. The minimum absolute atomic E-state index is 0.631. The van der Waals surface area contributed by atoms with Gasteiger partial charge >= 0.3 is 0 Å². The molecule has 0 bridgehead atoms. The van der Waals surface area contributed by atoms with Crippen molar-refractivity contribution in [3.05, 3.63) is 212 Å². The number of rotatable bonds is 7. The Balaban J connectivity index is 1.05. The van der Waals surface area contributed by atoms with Crippen LogP contribution in [-0.2, 0) is 0 Å². The average molecular weight is 730 g/mol. The molecule has 0 aliphatic carbocycles. The molecular weight excluding hydrogens is 695 g/mol. The molecule has 0 amide bonds. The quantitative estimate of drug-likeness (QED) is 0.164. The maximum atomic E-state index is 6.23. The van der Waals surface area contributed by atoms with Gasteiger partial charge in [-0.1, -0.05) is 133 Å². The first kappa shape index (κ1) is 32.7. The summed E-state index contributed by atoms with van der Waals surface area (Å²) in [6.45, 7) is 0. The summed E-state index contributed by atoms with van der Waals surface area (Å²) in [6, 6.07) is 75.3. The van der Waals surface area contributed by atoms with Crippen LogP contribution in [0, 0.1) is 0 Å². The monoisotopic (exact) mass is 729 g/mol. The van der Waals surface area contributed by atoms with Gasteiger partial charge in [0, 0.05) is 38.8 Å². The van der Waals surface area contributed by atoms with Crippen LogP contribution in [0.15, 0.2) is 217 Å². The zero-order valence-electron chi connectivity index (χ0n) is 31.0. The highest BCUT2D eigenvalue weighted by atomic mass is 16.3. The fourth-order valence-electron chi connectivity index (χ4n) is 8.30. The molecule has 9 aromatic carbocycles. The third-order valence-electron chi connectivity index (χ3n) is 11.0. The van der Waals surface area contributed by atoms with Gasteiger partial charge in [-0.2, -0.15) is 0 Å². The topological polar surface area (TPSA) is 34.2 Å². The smallest absolute Gasteiger partial charge is 0.227 e. The Morgan fingerprint density at radius 2 is 0.982 bits per heavy atom. The highest BCUT2D eigenvalue weighted by Crippen LogP contribution is 2.44. The van der Waals surface area contributed by atoms with E-state index in [2.05, 4.69) is 185 Å². The van der Waals surface area contributed by atoms with Crippen LogP contribution in [0.3, 0.4) is 0 Å². The number of benzene rings is 9. The third-order valence-corrected chi connectivity index (χ3v) is 11.0. The molecule has 0 aliphatic rings. The van der Waals surface area contributed by atoms with Gasteiger partial charge in [-0.3, -0.25) is 0 Å².